The largest absolute Gasteiger partial charge is 0.465 e. The third kappa shape index (κ3) is 5.85. The Morgan fingerprint density at radius 2 is 1.91 bits per heavy atom. The van der Waals surface area contributed by atoms with Crippen molar-refractivity contribution in [3.63, 3.8) is 0 Å². The molecule has 0 spiro atoms. The molecule has 1 aliphatic heterocycles. The topological polar surface area (TPSA) is 77.9 Å². The first kappa shape index (κ1) is 23.7. The summed E-state index contributed by atoms with van der Waals surface area (Å²) >= 11 is 6.01. The number of halogens is 2. The lowest BCUT2D eigenvalue weighted by Crippen LogP contribution is -2.32. The van der Waals surface area contributed by atoms with Gasteiger partial charge in [-0.2, -0.15) is 0 Å². The molecule has 0 unspecified atom stereocenters. The highest BCUT2D eigenvalue weighted by molar-refractivity contribution is 6.31. The summed E-state index contributed by atoms with van der Waals surface area (Å²) in [5, 5.41) is 9.72. The number of amides is 2. The number of hydrogen-bond donors (Lipinski definition) is 1. The molecule has 8 heteroatoms. The summed E-state index contributed by atoms with van der Waals surface area (Å²) in [4.78, 5) is 38.7. The van der Waals surface area contributed by atoms with E-state index in [4.69, 9.17) is 11.6 Å². The van der Waals surface area contributed by atoms with Gasteiger partial charge in [0.15, 0.2) is 5.78 Å². The average Bonchev–Trinajstić information content (AvgIpc) is 3.17. The van der Waals surface area contributed by atoms with Gasteiger partial charge >= 0.3 is 6.09 Å². The zero-order valence-electron chi connectivity index (χ0n) is 17.9. The van der Waals surface area contributed by atoms with E-state index in [-0.39, 0.29) is 23.3 Å². The summed E-state index contributed by atoms with van der Waals surface area (Å²) in [5.41, 5.74) is 3.18. The second kappa shape index (κ2) is 10.6. The van der Waals surface area contributed by atoms with Crippen molar-refractivity contribution in [3.8, 4) is 0 Å². The lowest BCUT2D eigenvalue weighted by molar-refractivity contribution is -0.116. The summed E-state index contributed by atoms with van der Waals surface area (Å²) in [6, 6.07) is 9.50. The Bertz CT molecular complexity index is 1030. The van der Waals surface area contributed by atoms with Crippen molar-refractivity contribution in [2.24, 2.45) is 0 Å². The zero-order valence-corrected chi connectivity index (χ0v) is 18.7. The number of carbonyl (C=O) groups excluding carboxylic acids is 2. The number of rotatable bonds is 9. The highest BCUT2D eigenvalue weighted by atomic mass is 35.5. The highest BCUT2D eigenvalue weighted by Crippen LogP contribution is 2.29. The molecule has 6 nitrogen and oxygen atoms in total. The van der Waals surface area contributed by atoms with Crippen LogP contribution in [0.5, 0.6) is 0 Å². The maximum atomic E-state index is 13.2. The van der Waals surface area contributed by atoms with E-state index < -0.39 is 11.9 Å². The number of benzene rings is 2. The van der Waals surface area contributed by atoms with Gasteiger partial charge in [-0.1, -0.05) is 17.7 Å². The third-order valence-electron chi connectivity index (χ3n) is 5.70. The standard InChI is InChI=1S/C24H26ClFN2O4/c1-16(29)28-13-10-18-14-19(6-8-22(18)28)23(30)4-2-3-11-27(24(31)32)12-9-17-5-7-20(26)15-21(17)25/h5-8,14-15H,2-4,9-13H2,1H3,(H,31,32). The number of anilines is 1. The molecule has 0 atom stereocenters. The Balaban J connectivity index is 1.47. The van der Waals surface area contributed by atoms with Crippen molar-refractivity contribution in [2.45, 2.75) is 39.0 Å². The van der Waals surface area contributed by atoms with Gasteiger partial charge in [-0.25, -0.2) is 9.18 Å². The third-order valence-corrected chi connectivity index (χ3v) is 6.05. The summed E-state index contributed by atoms with van der Waals surface area (Å²) in [6.45, 7) is 2.71. The number of hydrogen-bond acceptors (Lipinski definition) is 3. The van der Waals surface area contributed by atoms with Gasteiger partial charge in [-0.15, -0.1) is 0 Å². The fraction of sp³-hybridized carbons (Fsp3) is 0.375. The normalized spacial score (nSPS) is 12.5. The van der Waals surface area contributed by atoms with Crippen LogP contribution in [0.1, 0.15) is 47.7 Å². The van der Waals surface area contributed by atoms with Crippen LogP contribution in [0.3, 0.4) is 0 Å². The fourth-order valence-corrected chi connectivity index (χ4v) is 4.18. The highest BCUT2D eigenvalue weighted by Gasteiger charge is 2.23. The Hall–Kier alpha value is -2.93. The van der Waals surface area contributed by atoms with Crippen LogP contribution in [0.2, 0.25) is 5.02 Å². The molecule has 1 aliphatic rings. The Kier molecular flexibility index (Phi) is 7.85. The van der Waals surface area contributed by atoms with Crippen LogP contribution in [0, 0.1) is 5.82 Å². The summed E-state index contributed by atoms with van der Waals surface area (Å²) in [7, 11) is 0. The van der Waals surface area contributed by atoms with E-state index in [1.165, 1.54) is 24.0 Å². The molecule has 0 fully saturated rings. The molecule has 1 heterocycles. The minimum absolute atomic E-state index is 0.00693. The van der Waals surface area contributed by atoms with E-state index in [0.29, 0.717) is 49.9 Å². The molecular formula is C24H26ClFN2O4. The fourth-order valence-electron chi connectivity index (χ4n) is 3.92. The number of Topliss-reactive ketones (excluding diaryl/α,β-unsaturated/α-hetero) is 1. The molecule has 0 saturated heterocycles. The summed E-state index contributed by atoms with van der Waals surface area (Å²) < 4.78 is 13.2. The number of ketones is 1. The number of unbranched alkanes of at least 4 members (excludes halogenated alkanes) is 1. The van der Waals surface area contributed by atoms with E-state index in [9.17, 15) is 23.9 Å². The van der Waals surface area contributed by atoms with Gasteiger partial charge in [0.05, 0.1) is 0 Å². The van der Waals surface area contributed by atoms with Gasteiger partial charge in [0.25, 0.3) is 0 Å². The Morgan fingerprint density at radius 3 is 2.59 bits per heavy atom. The molecule has 2 aromatic carbocycles. The van der Waals surface area contributed by atoms with Crippen molar-refractivity contribution < 1.29 is 23.9 Å². The number of carboxylic acid groups (broad SMARTS) is 1. The second-order valence-corrected chi connectivity index (χ2v) is 8.31. The van der Waals surface area contributed by atoms with Gasteiger partial charge in [0.1, 0.15) is 5.82 Å². The predicted octanol–water partition coefficient (Wildman–Crippen LogP) is 4.96. The van der Waals surface area contributed by atoms with Crippen LogP contribution in [0.15, 0.2) is 36.4 Å². The molecule has 1 N–H and O–H groups in total. The first-order valence-corrected chi connectivity index (χ1v) is 11.0. The molecule has 2 aromatic rings. The Morgan fingerprint density at radius 1 is 1.12 bits per heavy atom. The molecule has 170 valence electrons. The molecule has 0 radical (unpaired) electrons. The minimum atomic E-state index is -1.04. The maximum absolute atomic E-state index is 13.2. The molecule has 0 aromatic heterocycles. The van der Waals surface area contributed by atoms with Crippen LogP contribution < -0.4 is 4.90 Å². The van der Waals surface area contributed by atoms with E-state index >= 15 is 0 Å². The van der Waals surface area contributed by atoms with Gasteiger partial charge in [0, 0.05) is 49.3 Å². The van der Waals surface area contributed by atoms with Gasteiger partial charge in [0.2, 0.25) is 5.91 Å². The van der Waals surface area contributed by atoms with Crippen LogP contribution in [-0.2, 0) is 17.6 Å². The number of carbonyl (C=O) groups is 3. The van der Waals surface area contributed by atoms with Crippen LogP contribution in [0.25, 0.3) is 0 Å². The van der Waals surface area contributed by atoms with Gasteiger partial charge in [-0.3, -0.25) is 9.59 Å². The molecule has 32 heavy (non-hydrogen) atoms. The minimum Gasteiger partial charge on any atom is -0.465 e. The molecule has 0 aliphatic carbocycles. The van der Waals surface area contributed by atoms with E-state index in [1.54, 1.807) is 17.0 Å². The van der Waals surface area contributed by atoms with Crippen molar-refractivity contribution in [2.75, 3.05) is 24.5 Å². The van der Waals surface area contributed by atoms with Crippen molar-refractivity contribution in [3.05, 3.63) is 63.9 Å². The Labute approximate surface area is 191 Å². The van der Waals surface area contributed by atoms with Gasteiger partial charge in [-0.05, 0) is 67.1 Å². The van der Waals surface area contributed by atoms with Crippen LogP contribution in [-0.4, -0.2) is 47.4 Å². The molecule has 2 amide bonds. The second-order valence-electron chi connectivity index (χ2n) is 7.90. The molecule has 0 saturated carbocycles. The van der Waals surface area contributed by atoms with Crippen molar-refractivity contribution >= 4 is 35.1 Å². The molecule has 0 bridgehead atoms. The smallest absolute Gasteiger partial charge is 0.407 e. The average molecular weight is 461 g/mol. The summed E-state index contributed by atoms with van der Waals surface area (Å²) in [6.07, 6.45) is 1.53. The maximum Gasteiger partial charge on any atom is 0.407 e. The molecular weight excluding hydrogens is 435 g/mol. The SMILES string of the molecule is CC(=O)N1CCc2cc(C(=O)CCCCN(CCc3ccc(F)cc3Cl)C(=O)O)ccc21. The van der Waals surface area contributed by atoms with E-state index in [2.05, 4.69) is 0 Å². The lowest BCUT2D eigenvalue weighted by atomic mass is 10.0. The number of fused-ring (bicyclic) bond motifs is 1. The first-order chi connectivity index (χ1) is 15.3. The van der Waals surface area contributed by atoms with Crippen LogP contribution >= 0.6 is 11.6 Å². The van der Waals surface area contributed by atoms with Crippen molar-refractivity contribution in [1.29, 1.82) is 0 Å². The van der Waals surface area contributed by atoms with E-state index in [0.717, 1.165) is 17.7 Å². The zero-order chi connectivity index (χ0) is 23.3. The predicted molar refractivity (Wildman–Crippen MR) is 121 cm³/mol. The summed E-state index contributed by atoms with van der Waals surface area (Å²) in [5.74, 6) is -0.431. The molecule has 3 rings (SSSR count). The quantitative estimate of drug-likeness (QED) is 0.423. The lowest BCUT2D eigenvalue weighted by Gasteiger charge is -2.19. The van der Waals surface area contributed by atoms with Crippen molar-refractivity contribution in [1.82, 2.24) is 4.90 Å². The number of nitrogens with zero attached hydrogens (tertiary/aromatic N) is 2. The van der Waals surface area contributed by atoms with Crippen LogP contribution in [0.4, 0.5) is 14.9 Å². The van der Waals surface area contributed by atoms with E-state index in [1.807, 2.05) is 12.1 Å². The first-order valence-electron chi connectivity index (χ1n) is 10.6. The van der Waals surface area contributed by atoms with Gasteiger partial charge < -0.3 is 14.9 Å². The monoisotopic (exact) mass is 460 g/mol.